The van der Waals surface area contributed by atoms with E-state index >= 15 is 0 Å². The summed E-state index contributed by atoms with van der Waals surface area (Å²) >= 11 is 5.77. The maximum atomic E-state index is 13.3. The Morgan fingerprint density at radius 3 is 2.77 bits per heavy atom. The summed E-state index contributed by atoms with van der Waals surface area (Å²) in [5, 5.41) is 5.77. The number of likely N-dealkylation sites (tertiary alicyclic amines) is 1. The van der Waals surface area contributed by atoms with Crippen LogP contribution in [0, 0.1) is 5.82 Å². The van der Waals surface area contributed by atoms with Crippen LogP contribution in [0.2, 0.25) is 5.02 Å². The number of nitrogens with zero attached hydrogens (tertiary/aromatic N) is 2. The molecule has 3 amide bonds. The number of hydrogen-bond acceptors (Lipinski definition) is 4. The third kappa shape index (κ3) is 4.44. The van der Waals surface area contributed by atoms with Crippen molar-refractivity contribution in [2.45, 2.75) is 50.2 Å². The number of carbonyl (C=O) groups excluding carboxylic acids is 3. The van der Waals surface area contributed by atoms with E-state index in [1.54, 1.807) is 0 Å². The molecule has 3 aliphatic rings. The molecule has 0 radical (unpaired) electrons. The van der Waals surface area contributed by atoms with Gasteiger partial charge < -0.3 is 15.5 Å². The molecule has 3 saturated heterocycles. The van der Waals surface area contributed by atoms with Gasteiger partial charge in [-0.15, -0.1) is 0 Å². The Labute approximate surface area is 179 Å². The lowest BCUT2D eigenvalue weighted by atomic mass is 10.0. The Hall–Kier alpha value is -2.19. The summed E-state index contributed by atoms with van der Waals surface area (Å²) in [5.41, 5.74) is 0.281. The van der Waals surface area contributed by atoms with Crippen LogP contribution in [0.5, 0.6) is 0 Å². The second-order valence-corrected chi connectivity index (χ2v) is 8.68. The van der Waals surface area contributed by atoms with Crippen LogP contribution in [0.1, 0.15) is 42.5 Å². The first-order valence-electron chi connectivity index (χ1n) is 10.5. The molecule has 0 bridgehead atoms. The van der Waals surface area contributed by atoms with Gasteiger partial charge in [-0.3, -0.25) is 19.3 Å². The Kier molecular flexibility index (Phi) is 6.24. The van der Waals surface area contributed by atoms with Crippen molar-refractivity contribution >= 4 is 29.3 Å². The molecule has 0 unspecified atom stereocenters. The zero-order valence-electron chi connectivity index (χ0n) is 16.7. The Morgan fingerprint density at radius 1 is 1.27 bits per heavy atom. The van der Waals surface area contributed by atoms with E-state index in [1.165, 1.54) is 12.1 Å². The molecule has 3 atom stereocenters. The molecule has 0 aliphatic carbocycles. The molecule has 0 saturated carbocycles. The van der Waals surface area contributed by atoms with Gasteiger partial charge in [0.1, 0.15) is 5.82 Å². The molecule has 3 heterocycles. The number of amides is 3. The summed E-state index contributed by atoms with van der Waals surface area (Å²) < 4.78 is 13.3. The van der Waals surface area contributed by atoms with Gasteiger partial charge in [0, 0.05) is 50.2 Å². The van der Waals surface area contributed by atoms with Crippen molar-refractivity contribution < 1.29 is 18.8 Å². The number of nitrogens with one attached hydrogen (secondary N) is 2. The smallest absolute Gasteiger partial charge is 0.251 e. The predicted octanol–water partition coefficient (Wildman–Crippen LogP) is 1.55. The lowest BCUT2D eigenvalue weighted by Crippen LogP contribution is -2.58. The van der Waals surface area contributed by atoms with Gasteiger partial charge in [0.2, 0.25) is 11.8 Å². The summed E-state index contributed by atoms with van der Waals surface area (Å²) in [6.45, 7) is 2.74. The number of fused-ring (bicyclic) bond motifs is 1. The summed E-state index contributed by atoms with van der Waals surface area (Å²) in [5.74, 6) is -0.783. The Bertz CT molecular complexity index is 846. The van der Waals surface area contributed by atoms with Crippen molar-refractivity contribution in [3.63, 3.8) is 0 Å². The minimum atomic E-state index is -0.575. The van der Waals surface area contributed by atoms with Crippen molar-refractivity contribution in [1.82, 2.24) is 20.4 Å². The van der Waals surface area contributed by atoms with Gasteiger partial charge in [-0.05, 0) is 43.9 Å². The molecule has 3 aliphatic heterocycles. The number of carbonyl (C=O) groups is 3. The molecule has 3 fully saturated rings. The first-order valence-corrected chi connectivity index (χ1v) is 10.9. The molecule has 1 aromatic rings. The Balaban J connectivity index is 1.35. The van der Waals surface area contributed by atoms with Gasteiger partial charge in [-0.2, -0.15) is 0 Å². The average Bonchev–Trinajstić information content (AvgIpc) is 3.40. The Morgan fingerprint density at radius 2 is 2.03 bits per heavy atom. The van der Waals surface area contributed by atoms with Gasteiger partial charge in [-0.25, -0.2) is 4.39 Å². The molecular formula is C21H26ClFN4O3. The van der Waals surface area contributed by atoms with Crippen LogP contribution in [-0.2, 0) is 9.59 Å². The SMILES string of the molecule is O=C(N[C@@H]1C[C@H]2C(=O)NC[C@@H](CCC(=O)N3CCCC3)N2C1)c1ccc(F)c(Cl)c1. The highest BCUT2D eigenvalue weighted by Crippen LogP contribution is 2.27. The van der Waals surface area contributed by atoms with Gasteiger partial charge >= 0.3 is 0 Å². The average molecular weight is 437 g/mol. The van der Waals surface area contributed by atoms with Crippen LogP contribution < -0.4 is 10.6 Å². The fraction of sp³-hybridized carbons (Fsp3) is 0.571. The molecule has 0 aromatic heterocycles. The second kappa shape index (κ2) is 8.89. The first kappa shape index (κ1) is 21.1. The standard InChI is InChI=1S/C21H26ClFN4O3/c22-16-9-13(3-5-17(16)23)20(29)25-14-10-18-21(30)24-11-15(27(18)12-14)4-6-19(28)26-7-1-2-8-26/h3,5,9,14-15,18H,1-2,4,6-8,10-12H2,(H,24,30)(H,25,29)/t14-,15-,18+/m1/s1. The number of rotatable bonds is 5. The van der Waals surface area contributed by atoms with E-state index in [0.29, 0.717) is 32.4 Å². The summed E-state index contributed by atoms with van der Waals surface area (Å²) in [6, 6.07) is 3.41. The minimum absolute atomic E-state index is 0.0429. The monoisotopic (exact) mass is 436 g/mol. The lowest BCUT2D eigenvalue weighted by molar-refractivity contribution is -0.131. The summed E-state index contributed by atoms with van der Waals surface area (Å²) in [7, 11) is 0. The van der Waals surface area contributed by atoms with E-state index in [4.69, 9.17) is 11.6 Å². The van der Waals surface area contributed by atoms with Crippen LogP contribution in [-0.4, -0.2) is 71.8 Å². The number of halogens is 2. The largest absolute Gasteiger partial charge is 0.353 e. The number of benzene rings is 1. The fourth-order valence-corrected chi connectivity index (χ4v) is 4.85. The molecule has 2 N–H and O–H groups in total. The molecule has 162 valence electrons. The molecule has 0 spiro atoms. The van der Waals surface area contributed by atoms with Crippen molar-refractivity contribution in [2.24, 2.45) is 0 Å². The maximum Gasteiger partial charge on any atom is 0.251 e. The van der Waals surface area contributed by atoms with Gasteiger partial charge in [-0.1, -0.05) is 11.6 Å². The third-order valence-electron chi connectivity index (χ3n) is 6.29. The van der Waals surface area contributed by atoms with Crippen LogP contribution in [0.4, 0.5) is 4.39 Å². The van der Waals surface area contributed by atoms with Gasteiger partial charge in [0.05, 0.1) is 11.1 Å². The number of hydrogen-bond donors (Lipinski definition) is 2. The highest BCUT2D eigenvalue weighted by molar-refractivity contribution is 6.31. The van der Waals surface area contributed by atoms with E-state index in [9.17, 15) is 18.8 Å². The van der Waals surface area contributed by atoms with E-state index in [2.05, 4.69) is 15.5 Å². The second-order valence-electron chi connectivity index (χ2n) is 8.27. The van der Waals surface area contributed by atoms with Crippen LogP contribution in [0.15, 0.2) is 18.2 Å². The zero-order valence-corrected chi connectivity index (χ0v) is 17.5. The molecular weight excluding hydrogens is 411 g/mol. The van der Waals surface area contributed by atoms with E-state index in [-0.39, 0.29) is 46.4 Å². The normalized spacial score (nSPS) is 26.4. The molecule has 4 rings (SSSR count). The van der Waals surface area contributed by atoms with Crippen molar-refractivity contribution in [2.75, 3.05) is 26.2 Å². The van der Waals surface area contributed by atoms with Crippen LogP contribution in [0.3, 0.4) is 0 Å². The quantitative estimate of drug-likeness (QED) is 0.733. The van der Waals surface area contributed by atoms with Crippen molar-refractivity contribution in [3.8, 4) is 0 Å². The van der Waals surface area contributed by atoms with Crippen LogP contribution in [0.25, 0.3) is 0 Å². The van der Waals surface area contributed by atoms with Gasteiger partial charge in [0.25, 0.3) is 5.91 Å². The molecule has 30 heavy (non-hydrogen) atoms. The maximum absolute atomic E-state index is 13.3. The summed E-state index contributed by atoms with van der Waals surface area (Å²) in [6.07, 6.45) is 3.79. The van der Waals surface area contributed by atoms with Crippen molar-refractivity contribution in [3.05, 3.63) is 34.6 Å². The van der Waals surface area contributed by atoms with Crippen LogP contribution >= 0.6 is 11.6 Å². The zero-order chi connectivity index (χ0) is 21.3. The summed E-state index contributed by atoms with van der Waals surface area (Å²) in [4.78, 5) is 41.3. The predicted molar refractivity (Wildman–Crippen MR) is 110 cm³/mol. The van der Waals surface area contributed by atoms with E-state index in [1.807, 2.05) is 4.90 Å². The first-order chi connectivity index (χ1) is 14.4. The van der Waals surface area contributed by atoms with E-state index in [0.717, 1.165) is 32.0 Å². The fourth-order valence-electron chi connectivity index (χ4n) is 4.67. The highest BCUT2D eigenvalue weighted by atomic mass is 35.5. The van der Waals surface area contributed by atoms with E-state index < -0.39 is 5.82 Å². The minimum Gasteiger partial charge on any atom is -0.353 e. The topological polar surface area (TPSA) is 81.8 Å². The van der Waals surface area contributed by atoms with Crippen molar-refractivity contribution in [1.29, 1.82) is 0 Å². The molecule has 9 heteroatoms. The third-order valence-corrected chi connectivity index (χ3v) is 6.58. The number of piperazine rings is 1. The molecule has 7 nitrogen and oxygen atoms in total. The lowest BCUT2D eigenvalue weighted by Gasteiger charge is -2.37. The highest BCUT2D eigenvalue weighted by Gasteiger charge is 2.44. The molecule has 1 aromatic carbocycles. The van der Waals surface area contributed by atoms with Gasteiger partial charge in [0.15, 0.2) is 0 Å².